The number of nitrogens with two attached hydrogens (primary N) is 1. The predicted molar refractivity (Wildman–Crippen MR) is 91.0 cm³/mol. The first-order chi connectivity index (χ1) is 12.7. The summed E-state index contributed by atoms with van der Waals surface area (Å²) in [5, 5.41) is 9.98. The van der Waals surface area contributed by atoms with Crippen LogP contribution in [0.2, 0.25) is 0 Å². The Morgan fingerprint density at radius 3 is 2.46 bits per heavy atom. The fourth-order valence-corrected chi connectivity index (χ4v) is 6.84. The average molecular weight is 465 g/mol. The molecular formula is C10H18N3O12P3. The fourth-order valence-electron chi connectivity index (χ4n) is 2.33. The second kappa shape index (κ2) is 8.42. The van der Waals surface area contributed by atoms with Crippen molar-refractivity contribution in [2.75, 3.05) is 18.2 Å². The molecule has 0 saturated carbocycles. The van der Waals surface area contributed by atoms with Gasteiger partial charge < -0.3 is 39.7 Å². The monoisotopic (exact) mass is 465 g/mol. The third-order valence-electron chi connectivity index (χ3n) is 3.40. The molecule has 7 N–H and O–H groups in total. The zero-order valence-electron chi connectivity index (χ0n) is 13.9. The van der Waals surface area contributed by atoms with E-state index in [-0.39, 0.29) is 12.2 Å². The van der Waals surface area contributed by atoms with E-state index in [9.17, 15) is 33.4 Å². The summed E-state index contributed by atoms with van der Waals surface area (Å²) < 4.78 is 48.6. The molecule has 0 aliphatic carbocycles. The van der Waals surface area contributed by atoms with Crippen LogP contribution in [0.25, 0.3) is 0 Å². The summed E-state index contributed by atoms with van der Waals surface area (Å²) in [5.41, 5.74) is 4.62. The highest BCUT2D eigenvalue weighted by atomic mass is 31.3. The Morgan fingerprint density at radius 1 is 1.25 bits per heavy atom. The molecule has 0 amide bonds. The highest BCUT2D eigenvalue weighted by Gasteiger charge is 2.41. The minimum Gasteiger partial charge on any atom is -0.390 e. The van der Waals surface area contributed by atoms with E-state index in [4.69, 9.17) is 20.3 Å². The summed E-state index contributed by atoms with van der Waals surface area (Å²) in [5.74, 6) is -1.62. The smallest absolute Gasteiger partial charge is 0.390 e. The number of hydrogen-bond donors (Lipinski definition) is 6. The van der Waals surface area contributed by atoms with Crippen LogP contribution in [0, 0.1) is 0 Å². The molecule has 0 radical (unpaired) electrons. The van der Waals surface area contributed by atoms with Gasteiger partial charge in [-0.3, -0.25) is 13.7 Å². The largest absolute Gasteiger partial charge is 0.476 e. The molecule has 1 fully saturated rings. The van der Waals surface area contributed by atoms with E-state index in [2.05, 4.69) is 13.8 Å². The van der Waals surface area contributed by atoms with Gasteiger partial charge in [0.2, 0.25) is 0 Å². The number of anilines is 1. The van der Waals surface area contributed by atoms with E-state index in [0.29, 0.717) is 0 Å². The molecule has 1 saturated heterocycles. The van der Waals surface area contributed by atoms with Crippen LogP contribution < -0.4 is 11.4 Å². The summed E-state index contributed by atoms with van der Waals surface area (Å²) in [6.45, 7) is -0.724. The summed E-state index contributed by atoms with van der Waals surface area (Å²) in [4.78, 5) is 51.2. The Bertz CT molecular complexity index is 914. The van der Waals surface area contributed by atoms with Crippen molar-refractivity contribution in [3.63, 3.8) is 0 Å². The van der Waals surface area contributed by atoms with Crippen molar-refractivity contribution in [1.29, 1.82) is 0 Å². The third kappa shape index (κ3) is 6.83. The number of ether oxygens (including phenoxy) is 1. The van der Waals surface area contributed by atoms with Gasteiger partial charge in [0.1, 0.15) is 18.1 Å². The van der Waals surface area contributed by atoms with Crippen LogP contribution in [-0.4, -0.2) is 58.9 Å². The lowest BCUT2D eigenvalue weighted by Crippen LogP contribution is -2.28. The van der Waals surface area contributed by atoms with E-state index >= 15 is 0 Å². The van der Waals surface area contributed by atoms with Gasteiger partial charge in [-0.05, 0) is 6.07 Å². The lowest BCUT2D eigenvalue weighted by atomic mass is 10.2. The van der Waals surface area contributed by atoms with Crippen LogP contribution in [0.5, 0.6) is 0 Å². The van der Waals surface area contributed by atoms with Crippen molar-refractivity contribution in [2.24, 2.45) is 0 Å². The molecule has 1 aliphatic heterocycles. The number of aromatic nitrogens is 2. The standard InChI is InChI=1S/C10H18N3O12P3/c11-8-1-2-13(10(15)12-8)9-3-6(14)7(24-9)4-23-26(16,17)5-27(18,19)25-28(20,21)22/h1-2,6-7,9,14H,3-5H2,(H,16,17)(H,18,19)(H2,11,12,15)(H2,20,21,22)/t6-,7+,9+/m0/s1. The number of rotatable bonds is 8. The molecule has 2 heterocycles. The number of nitrogens with zero attached hydrogens (tertiary/aromatic N) is 2. The quantitative estimate of drug-likeness (QED) is 0.251. The van der Waals surface area contributed by atoms with E-state index in [1.807, 2.05) is 0 Å². The maximum atomic E-state index is 11.9. The van der Waals surface area contributed by atoms with Crippen LogP contribution in [0.4, 0.5) is 5.82 Å². The van der Waals surface area contributed by atoms with Gasteiger partial charge in [0.15, 0.2) is 5.90 Å². The Morgan fingerprint density at radius 2 is 1.89 bits per heavy atom. The zero-order chi connectivity index (χ0) is 21.3. The summed E-state index contributed by atoms with van der Waals surface area (Å²) in [6, 6.07) is 1.32. The van der Waals surface area contributed by atoms with Gasteiger partial charge in [-0.15, -0.1) is 0 Å². The molecule has 18 heteroatoms. The van der Waals surface area contributed by atoms with Gasteiger partial charge in [0.25, 0.3) is 0 Å². The van der Waals surface area contributed by atoms with E-state index in [1.165, 1.54) is 12.3 Å². The second-order valence-corrected chi connectivity index (χ2v) is 11.3. The minimum atomic E-state index is -5.39. The lowest BCUT2D eigenvalue weighted by molar-refractivity contribution is -0.0422. The van der Waals surface area contributed by atoms with Crippen molar-refractivity contribution in [3.05, 3.63) is 22.7 Å². The Labute approximate surface area is 157 Å². The Hall–Kier alpha value is -0.950. The first-order valence-electron chi connectivity index (χ1n) is 7.41. The number of phosphoric acid groups is 1. The number of nitrogen functional groups attached to an aromatic ring is 1. The van der Waals surface area contributed by atoms with E-state index in [1.54, 1.807) is 0 Å². The van der Waals surface area contributed by atoms with Crippen molar-refractivity contribution in [1.82, 2.24) is 9.55 Å². The second-order valence-electron chi connectivity index (χ2n) is 5.76. The molecule has 5 atom stereocenters. The Kier molecular flexibility index (Phi) is 7.02. The fraction of sp³-hybridized carbons (Fsp3) is 0.600. The minimum absolute atomic E-state index is 0.0214. The Balaban J connectivity index is 1.98. The van der Waals surface area contributed by atoms with Crippen LogP contribution in [-0.2, 0) is 27.3 Å². The van der Waals surface area contributed by atoms with E-state index < -0.39 is 59.6 Å². The molecule has 2 unspecified atom stereocenters. The summed E-state index contributed by atoms with van der Waals surface area (Å²) >= 11 is 0. The first-order valence-corrected chi connectivity index (χ1v) is 12.5. The highest BCUT2D eigenvalue weighted by molar-refractivity contribution is 7.74. The summed E-state index contributed by atoms with van der Waals surface area (Å²) in [6.07, 6.45) is -2.18. The molecule has 0 aromatic carbocycles. The molecule has 0 bridgehead atoms. The molecule has 1 aromatic heterocycles. The SMILES string of the molecule is Nc1ccn([C@H]2C[C@H](O)[C@@H](COP(=O)(O)CP(=O)(O)OP(=O)(O)O)O2)c(=O)n1. The maximum Gasteiger partial charge on any atom is 0.476 e. The summed E-state index contributed by atoms with van der Waals surface area (Å²) in [7, 11) is -15.4. The van der Waals surface area contributed by atoms with E-state index in [0.717, 1.165) is 4.57 Å². The maximum absolute atomic E-state index is 11.9. The average Bonchev–Trinajstić information content (AvgIpc) is 2.82. The molecule has 2 rings (SSSR count). The van der Waals surface area contributed by atoms with Crippen LogP contribution in [0.3, 0.4) is 0 Å². The number of hydrogen-bond acceptors (Lipinski definition) is 10. The normalized spacial score (nSPS) is 27.2. The van der Waals surface area contributed by atoms with Crippen molar-refractivity contribution in [3.8, 4) is 0 Å². The highest BCUT2D eigenvalue weighted by Crippen LogP contribution is 2.64. The van der Waals surface area contributed by atoms with Crippen LogP contribution >= 0.6 is 23.0 Å². The number of aliphatic hydroxyl groups is 1. The topological polar surface area (TPSA) is 241 Å². The van der Waals surface area contributed by atoms with Gasteiger partial charge in [-0.2, -0.15) is 4.98 Å². The van der Waals surface area contributed by atoms with Gasteiger partial charge in [0, 0.05) is 12.6 Å². The van der Waals surface area contributed by atoms with Crippen LogP contribution in [0.1, 0.15) is 12.6 Å². The van der Waals surface area contributed by atoms with Gasteiger partial charge in [0.05, 0.1) is 12.7 Å². The van der Waals surface area contributed by atoms with Crippen molar-refractivity contribution < 1.29 is 51.9 Å². The molecule has 1 aliphatic rings. The first kappa shape index (κ1) is 23.3. The molecule has 15 nitrogen and oxygen atoms in total. The molecule has 0 spiro atoms. The molecular weight excluding hydrogens is 447 g/mol. The van der Waals surface area contributed by atoms with Gasteiger partial charge in [-0.25, -0.2) is 13.7 Å². The third-order valence-corrected chi connectivity index (χ3v) is 8.68. The zero-order valence-corrected chi connectivity index (χ0v) is 16.6. The predicted octanol–water partition coefficient (Wildman–Crippen LogP) is -1.07. The molecule has 160 valence electrons. The van der Waals surface area contributed by atoms with Gasteiger partial charge in [-0.1, -0.05) is 0 Å². The molecule has 1 aromatic rings. The number of aliphatic hydroxyl groups excluding tert-OH is 1. The van der Waals surface area contributed by atoms with Crippen molar-refractivity contribution in [2.45, 2.75) is 24.9 Å². The molecule has 28 heavy (non-hydrogen) atoms. The van der Waals surface area contributed by atoms with Gasteiger partial charge >= 0.3 is 28.7 Å². The lowest BCUT2D eigenvalue weighted by Gasteiger charge is -2.20. The van der Waals surface area contributed by atoms with Crippen molar-refractivity contribution >= 4 is 28.8 Å². The van der Waals surface area contributed by atoms with Crippen LogP contribution in [0.15, 0.2) is 17.1 Å².